The Balaban J connectivity index is 2.20. The fraction of sp³-hybridized carbons (Fsp3) is 0.562. The molecule has 0 saturated heterocycles. The van der Waals surface area contributed by atoms with Crippen LogP contribution in [0.2, 0.25) is 0 Å². The Bertz CT molecular complexity index is 827. The van der Waals surface area contributed by atoms with Gasteiger partial charge in [-0.15, -0.1) is 5.10 Å². The highest BCUT2D eigenvalue weighted by Crippen LogP contribution is 2.20. The van der Waals surface area contributed by atoms with Crippen LogP contribution in [0.5, 0.6) is 0 Å². The smallest absolute Gasteiger partial charge is 0.243 e. The molecule has 0 spiro atoms. The predicted molar refractivity (Wildman–Crippen MR) is 95.6 cm³/mol. The van der Waals surface area contributed by atoms with E-state index >= 15 is 0 Å². The number of fused-ring (bicyclic) bond motifs is 1. The maximum atomic E-state index is 12.6. The van der Waals surface area contributed by atoms with E-state index in [1.807, 2.05) is 6.92 Å². The zero-order valence-electron chi connectivity index (χ0n) is 14.9. The molecule has 25 heavy (non-hydrogen) atoms. The first kappa shape index (κ1) is 19.3. The summed E-state index contributed by atoms with van der Waals surface area (Å²) in [5.41, 5.74) is 1.21. The summed E-state index contributed by atoms with van der Waals surface area (Å²) >= 11 is 0. The number of hydrogen-bond donors (Lipinski definition) is 1. The van der Waals surface area contributed by atoms with E-state index in [-0.39, 0.29) is 10.8 Å². The lowest BCUT2D eigenvalue weighted by atomic mass is 10.3. The maximum Gasteiger partial charge on any atom is 0.243 e. The molecular formula is C16H25N5O3S. The van der Waals surface area contributed by atoms with E-state index in [1.54, 1.807) is 30.7 Å². The Labute approximate surface area is 148 Å². The van der Waals surface area contributed by atoms with Crippen LogP contribution in [0.3, 0.4) is 0 Å². The molecule has 0 unspecified atom stereocenters. The van der Waals surface area contributed by atoms with Crippen LogP contribution in [0, 0.1) is 0 Å². The summed E-state index contributed by atoms with van der Waals surface area (Å²) < 4.78 is 28.2. The van der Waals surface area contributed by atoms with Crippen LogP contribution in [0.4, 0.5) is 0 Å². The van der Waals surface area contributed by atoms with E-state index in [0.717, 1.165) is 6.42 Å². The third kappa shape index (κ3) is 4.35. The Morgan fingerprint density at radius 1 is 1.24 bits per heavy atom. The van der Waals surface area contributed by atoms with E-state index < -0.39 is 10.0 Å². The molecule has 2 aromatic rings. The summed E-state index contributed by atoms with van der Waals surface area (Å²) in [7, 11) is -3.53. The summed E-state index contributed by atoms with van der Waals surface area (Å²) in [6.45, 7) is 7.48. The number of nitrogens with zero attached hydrogens (tertiary/aromatic N) is 4. The molecule has 0 aliphatic heterocycles. The number of nitrogens with one attached hydrogen (secondary N) is 1. The maximum absolute atomic E-state index is 12.6. The van der Waals surface area contributed by atoms with Gasteiger partial charge in [0.15, 0.2) is 0 Å². The number of amides is 1. The largest absolute Gasteiger partial charge is 0.356 e. The van der Waals surface area contributed by atoms with Crippen molar-refractivity contribution in [2.45, 2.75) is 45.1 Å². The summed E-state index contributed by atoms with van der Waals surface area (Å²) in [5, 5.41) is 10.9. The van der Waals surface area contributed by atoms with Gasteiger partial charge in [0.25, 0.3) is 0 Å². The molecule has 0 saturated carbocycles. The normalized spacial score (nSPS) is 12.0. The van der Waals surface area contributed by atoms with E-state index in [0.29, 0.717) is 43.6 Å². The van der Waals surface area contributed by atoms with Crippen LogP contribution in [0.1, 0.15) is 33.6 Å². The topological polar surface area (TPSA) is 97.2 Å². The lowest BCUT2D eigenvalue weighted by molar-refractivity contribution is -0.121. The summed E-state index contributed by atoms with van der Waals surface area (Å²) in [5.74, 6) is -0.0359. The van der Waals surface area contributed by atoms with Gasteiger partial charge in [-0.2, -0.15) is 4.31 Å². The first-order chi connectivity index (χ1) is 11.9. The number of rotatable bonds is 9. The fourth-order valence-electron chi connectivity index (χ4n) is 2.55. The second-order valence-corrected chi connectivity index (χ2v) is 7.59. The molecule has 0 aliphatic carbocycles. The monoisotopic (exact) mass is 367 g/mol. The number of sulfonamides is 1. The standard InChI is InChI=1S/C16H25N5O3S/c1-4-10-17-16(22)9-11-21-15-8-7-13(12-14(15)18-19-21)25(23,24)20(5-2)6-3/h7-8,12H,4-6,9-11H2,1-3H3,(H,17,22). The number of hydrogen-bond acceptors (Lipinski definition) is 5. The van der Waals surface area contributed by atoms with Crippen LogP contribution in [0.15, 0.2) is 23.1 Å². The number of carbonyl (C=O) groups is 1. The quantitative estimate of drug-likeness (QED) is 0.722. The van der Waals surface area contributed by atoms with Crippen molar-refractivity contribution < 1.29 is 13.2 Å². The molecule has 1 heterocycles. The van der Waals surface area contributed by atoms with Gasteiger partial charge in [0.2, 0.25) is 15.9 Å². The first-order valence-electron chi connectivity index (χ1n) is 8.54. The Hall–Kier alpha value is -2.00. The van der Waals surface area contributed by atoms with Crippen molar-refractivity contribution in [1.82, 2.24) is 24.6 Å². The molecule has 9 heteroatoms. The van der Waals surface area contributed by atoms with Crippen molar-refractivity contribution in [3.63, 3.8) is 0 Å². The van der Waals surface area contributed by atoms with E-state index in [9.17, 15) is 13.2 Å². The van der Waals surface area contributed by atoms with Gasteiger partial charge in [-0.05, 0) is 24.6 Å². The Morgan fingerprint density at radius 2 is 1.96 bits per heavy atom. The molecule has 0 bridgehead atoms. The van der Waals surface area contributed by atoms with Crippen molar-refractivity contribution in [1.29, 1.82) is 0 Å². The van der Waals surface area contributed by atoms with Gasteiger partial charge in [-0.3, -0.25) is 4.79 Å². The molecule has 1 N–H and O–H groups in total. The zero-order valence-corrected chi connectivity index (χ0v) is 15.7. The molecule has 0 radical (unpaired) electrons. The third-order valence-electron chi connectivity index (χ3n) is 3.95. The van der Waals surface area contributed by atoms with Crippen LogP contribution in [-0.2, 0) is 21.4 Å². The molecule has 1 amide bonds. The van der Waals surface area contributed by atoms with Crippen LogP contribution in [0.25, 0.3) is 11.0 Å². The minimum absolute atomic E-state index is 0.0359. The average molecular weight is 367 g/mol. The van der Waals surface area contributed by atoms with Crippen molar-refractivity contribution in [2.75, 3.05) is 19.6 Å². The highest BCUT2D eigenvalue weighted by Gasteiger charge is 2.22. The van der Waals surface area contributed by atoms with Gasteiger partial charge >= 0.3 is 0 Å². The van der Waals surface area contributed by atoms with Crippen molar-refractivity contribution >= 4 is 27.0 Å². The van der Waals surface area contributed by atoms with Crippen LogP contribution >= 0.6 is 0 Å². The number of aryl methyl sites for hydroxylation is 1. The Kier molecular flexibility index (Phi) is 6.49. The molecule has 1 aromatic carbocycles. The number of aromatic nitrogens is 3. The SMILES string of the molecule is CCCNC(=O)CCn1nnc2cc(S(=O)(=O)N(CC)CC)ccc21. The third-order valence-corrected chi connectivity index (χ3v) is 6.00. The van der Waals surface area contributed by atoms with E-state index in [1.165, 1.54) is 10.4 Å². The number of benzene rings is 1. The second-order valence-electron chi connectivity index (χ2n) is 5.65. The minimum atomic E-state index is -3.53. The van der Waals surface area contributed by atoms with Gasteiger partial charge in [0, 0.05) is 26.1 Å². The molecule has 1 aromatic heterocycles. The molecule has 0 atom stereocenters. The lowest BCUT2D eigenvalue weighted by Crippen LogP contribution is -2.30. The van der Waals surface area contributed by atoms with Crippen LogP contribution in [-0.4, -0.2) is 53.3 Å². The lowest BCUT2D eigenvalue weighted by Gasteiger charge is -2.18. The van der Waals surface area contributed by atoms with Gasteiger partial charge in [0.05, 0.1) is 17.0 Å². The summed E-state index contributed by atoms with van der Waals surface area (Å²) in [6.07, 6.45) is 1.19. The molecular weight excluding hydrogens is 342 g/mol. The Morgan fingerprint density at radius 3 is 2.60 bits per heavy atom. The van der Waals surface area contributed by atoms with Gasteiger partial charge in [0.1, 0.15) is 5.52 Å². The second kappa shape index (κ2) is 8.39. The van der Waals surface area contributed by atoms with Gasteiger partial charge in [-0.1, -0.05) is 26.0 Å². The minimum Gasteiger partial charge on any atom is -0.356 e. The zero-order chi connectivity index (χ0) is 18.4. The molecule has 138 valence electrons. The summed E-state index contributed by atoms with van der Waals surface area (Å²) in [6, 6.07) is 4.78. The predicted octanol–water partition coefficient (Wildman–Crippen LogP) is 1.38. The average Bonchev–Trinajstić information content (AvgIpc) is 3.01. The van der Waals surface area contributed by atoms with Gasteiger partial charge in [-0.25, -0.2) is 13.1 Å². The summed E-state index contributed by atoms with van der Waals surface area (Å²) in [4.78, 5) is 11.9. The van der Waals surface area contributed by atoms with Crippen molar-refractivity contribution in [3.8, 4) is 0 Å². The molecule has 0 aliphatic rings. The van der Waals surface area contributed by atoms with E-state index in [4.69, 9.17) is 0 Å². The molecule has 2 rings (SSSR count). The molecule has 0 fully saturated rings. The number of carbonyl (C=O) groups excluding carboxylic acids is 1. The highest BCUT2D eigenvalue weighted by atomic mass is 32.2. The van der Waals surface area contributed by atoms with E-state index in [2.05, 4.69) is 15.6 Å². The fourth-order valence-corrected chi connectivity index (χ4v) is 4.03. The van der Waals surface area contributed by atoms with Crippen LogP contribution < -0.4 is 5.32 Å². The van der Waals surface area contributed by atoms with Gasteiger partial charge < -0.3 is 5.32 Å². The highest BCUT2D eigenvalue weighted by molar-refractivity contribution is 7.89. The van der Waals surface area contributed by atoms with Crippen molar-refractivity contribution in [2.24, 2.45) is 0 Å². The van der Waals surface area contributed by atoms with Crippen molar-refractivity contribution in [3.05, 3.63) is 18.2 Å². The molecule has 8 nitrogen and oxygen atoms in total. The first-order valence-corrected chi connectivity index (χ1v) is 9.98.